The van der Waals surface area contributed by atoms with Gasteiger partial charge in [-0.05, 0) is 6.92 Å². The predicted molar refractivity (Wildman–Crippen MR) is 47.0 cm³/mol. The number of hydrogen-bond donors (Lipinski definition) is 2. The number of primary sulfonamides is 1. The Labute approximate surface area is 84.6 Å². The Morgan fingerprint density at radius 3 is 2.47 bits per heavy atom. The Kier molecular flexibility index (Phi) is 2.91. The van der Waals surface area contributed by atoms with Crippen LogP contribution in [0.25, 0.3) is 0 Å². The molecule has 1 rings (SSSR count). The molecule has 0 atom stereocenters. The van der Waals surface area contributed by atoms with Crippen molar-refractivity contribution in [3.05, 3.63) is 17.3 Å². The Bertz CT molecular complexity index is 487. The normalized spacial score (nSPS) is 12.1. The van der Waals surface area contributed by atoms with Gasteiger partial charge in [0.05, 0.1) is 0 Å². The number of rotatable bonds is 2. The molecule has 0 aliphatic heterocycles. The molecule has 5 nitrogen and oxygen atoms in total. The summed E-state index contributed by atoms with van der Waals surface area (Å²) < 4.78 is 46.3. The molecule has 3 N–H and O–H groups in total. The van der Waals surface area contributed by atoms with Gasteiger partial charge in [-0.25, -0.2) is 27.3 Å². The van der Waals surface area contributed by atoms with Gasteiger partial charge >= 0.3 is 0 Å². The minimum absolute atomic E-state index is 0.246. The first kappa shape index (κ1) is 11.8. The zero-order valence-corrected chi connectivity index (χ0v) is 8.42. The Hall–Kier alpha value is -1.28. The third kappa shape index (κ3) is 2.21. The van der Waals surface area contributed by atoms with Gasteiger partial charge in [0.1, 0.15) is 0 Å². The first-order valence-corrected chi connectivity index (χ1v) is 5.29. The van der Waals surface area contributed by atoms with Crippen molar-refractivity contribution in [1.29, 1.82) is 0 Å². The van der Waals surface area contributed by atoms with E-state index < -0.39 is 32.8 Å². The molecule has 0 amide bonds. The minimum Gasteiger partial charge on any atom is -0.505 e. The van der Waals surface area contributed by atoms with E-state index in [1.54, 1.807) is 0 Å². The average Bonchev–Trinajstić information content (AvgIpc) is 2.06. The summed E-state index contributed by atoms with van der Waals surface area (Å²) in [5.41, 5.74) is -0.774. The van der Waals surface area contributed by atoms with E-state index in [9.17, 15) is 22.3 Å². The van der Waals surface area contributed by atoms with E-state index in [4.69, 9.17) is 5.14 Å². The lowest BCUT2D eigenvalue weighted by Crippen LogP contribution is -2.15. The van der Waals surface area contributed by atoms with Gasteiger partial charge in [-0.1, -0.05) is 0 Å². The van der Waals surface area contributed by atoms with Gasteiger partial charge in [0, 0.05) is 17.3 Å². The second kappa shape index (κ2) is 3.70. The highest BCUT2D eigenvalue weighted by Crippen LogP contribution is 2.31. The molecule has 8 heteroatoms. The summed E-state index contributed by atoms with van der Waals surface area (Å²) in [6.45, 7) is 1.16. The number of sulfonamides is 1. The lowest BCUT2D eigenvalue weighted by molar-refractivity contribution is 0.149. The van der Waals surface area contributed by atoms with E-state index in [1.165, 1.54) is 0 Å². The highest BCUT2D eigenvalue weighted by atomic mass is 32.2. The summed E-state index contributed by atoms with van der Waals surface area (Å²) in [5, 5.41) is 13.2. The van der Waals surface area contributed by atoms with Crippen LogP contribution in [0.3, 0.4) is 0 Å². The molecule has 0 saturated heterocycles. The van der Waals surface area contributed by atoms with E-state index in [-0.39, 0.29) is 5.56 Å². The van der Waals surface area contributed by atoms with Crippen molar-refractivity contribution in [3.8, 4) is 5.75 Å². The molecule has 0 aliphatic rings. The summed E-state index contributed by atoms with van der Waals surface area (Å²) in [4.78, 5) is 3.19. The summed E-state index contributed by atoms with van der Waals surface area (Å²) in [7, 11) is -4.20. The number of pyridine rings is 1. The molecule has 0 aliphatic carbocycles. The maximum absolute atomic E-state index is 12.3. The highest BCUT2D eigenvalue weighted by Gasteiger charge is 2.22. The van der Waals surface area contributed by atoms with Crippen LogP contribution in [-0.4, -0.2) is 18.5 Å². The third-order valence-corrected chi connectivity index (χ3v) is 2.65. The standard InChI is InChI=1S/C7H8F2N2O3S/c1-3-4(6(8)9)2-11-7(5(3)12)15(10,13)14/h2,6,12H,1H3,(H2,10,13,14). The molecule has 0 spiro atoms. The van der Waals surface area contributed by atoms with Crippen molar-refractivity contribution >= 4 is 10.0 Å². The molecule has 15 heavy (non-hydrogen) atoms. The number of aromatic hydroxyl groups is 1. The van der Waals surface area contributed by atoms with E-state index in [0.717, 1.165) is 6.92 Å². The van der Waals surface area contributed by atoms with Gasteiger partial charge in [-0.3, -0.25) is 0 Å². The molecule has 0 aromatic carbocycles. The quantitative estimate of drug-likeness (QED) is 0.792. The predicted octanol–water partition coefficient (Wildman–Crippen LogP) is 0.681. The lowest BCUT2D eigenvalue weighted by Gasteiger charge is -2.08. The highest BCUT2D eigenvalue weighted by molar-refractivity contribution is 7.89. The van der Waals surface area contributed by atoms with Crippen LogP contribution in [-0.2, 0) is 10.0 Å². The SMILES string of the molecule is Cc1c(C(F)F)cnc(S(N)(=O)=O)c1O. The fourth-order valence-electron chi connectivity index (χ4n) is 1.01. The molecule has 0 bridgehead atoms. The third-order valence-electron chi connectivity index (χ3n) is 1.82. The fourth-order valence-corrected chi connectivity index (χ4v) is 1.63. The van der Waals surface area contributed by atoms with Gasteiger partial charge in [-0.15, -0.1) is 0 Å². The Morgan fingerprint density at radius 1 is 1.53 bits per heavy atom. The van der Waals surface area contributed by atoms with Crippen molar-refractivity contribution in [3.63, 3.8) is 0 Å². The maximum Gasteiger partial charge on any atom is 0.265 e. The minimum atomic E-state index is -4.20. The molecule has 0 saturated carbocycles. The zero-order valence-electron chi connectivity index (χ0n) is 7.61. The molecular weight excluding hydrogens is 230 g/mol. The second-order valence-electron chi connectivity index (χ2n) is 2.84. The number of nitrogens with two attached hydrogens (primary N) is 1. The lowest BCUT2D eigenvalue weighted by atomic mass is 10.1. The van der Waals surface area contributed by atoms with Crippen LogP contribution in [0.1, 0.15) is 17.6 Å². The van der Waals surface area contributed by atoms with Crippen LogP contribution in [0, 0.1) is 6.92 Å². The van der Waals surface area contributed by atoms with Crippen molar-refractivity contribution < 1.29 is 22.3 Å². The molecule has 0 radical (unpaired) electrons. The van der Waals surface area contributed by atoms with Crippen molar-refractivity contribution in [2.24, 2.45) is 5.14 Å². The Morgan fingerprint density at radius 2 is 2.07 bits per heavy atom. The number of aromatic nitrogens is 1. The number of hydrogen-bond acceptors (Lipinski definition) is 4. The number of halogens is 2. The van der Waals surface area contributed by atoms with Crippen LogP contribution in [0.4, 0.5) is 8.78 Å². The average molecular weight is 238 g/mol. The van der Waals surface area contributed by atoms with E-state index in [1.807, 2.05) is 0 Å². The van der Waals surface area contributed by atoms with Crippen molar-refractivity contribution in [2.45, 2.75) is 18.4 Å². The number of alkyl halides is 2. The maximum atomic E-state index is 12.3. The monoisotopic (exact) mass is 238 g/mol. The molecule has 1 aromatic heterocycles. The molecule has 0 fully saturated rings. The smallest absolute Gasteiger partial charge is 0.265 e. The first-order valence-electron chi connectivity index (χ1n) is 3.74. The molecule has 1 aromatic rings. The van der Waals surface area contributed by atoms with Gasteiger partial charge in [0.2, 0.25) is 5.03 Å². The van der Waals surface area contributed by atoms with Crippen LogP contribution >= 0.6 is 0 Å². The Balaban J connectivity index is 3.48. The van der Waals surface area contributed by atoms with Crippen LogP contribution in [0.2, 0.25) is 0 Å². The number of nitrogens with zero attached hydrogens (tertiary/aromatic N) is 1. The molecule has 0 unspecified atom stereocenters. The second-order valence-corrected chi connectivity index (χ2v) is 4.31. The molecule has 84 valence electrons. The first-order chi connectivity index (χ1) is 6.75. The van der Waals surface area contributed by atoms with Crippen molar-refractivity contribution in [1.82, 2.24) is 4.98 Å². The largest absolute Gasteiger partial charge is 0.505 e. The summed E-state index contributed by atoms with van der Waals surface area (Å²) in [5.74, 6) is -0.838. The summed E-state index contributed by atoms with van der Waals surface area (Å²) in [6.07, 6.45) is -2.16. The van der Waals surface area contributed by atoms with Gasteiger partial charge in [0.15, 0.2) is 5.75 Å². The zero-order chi connectivity index (χ0) is 11.8. The fraction of sp³-hybridized carbons (Fsp3) is 0.286. The van der Waals surface area contributed by atoms with E-state index in [0.29, 0.717) is 6.20 Å². The van der Waals surface area contributed by atoms with E-state index >= 15 is 0 Å². The van der Waals surface area contributed by atoms with Gasteiger partial charge in [-0.2, -0.15) is 0 Å². The van der Waals surface area contributed by atoms with Crippen LogP contribution in [0.5, 0.6) is 5.75 Å². The topological polar surface area (TPSA) is 93.3 Å². The molecule has 1 heterocycles. The van der Waals surface area contributed by atoms with Gasteiger partial charge < -0.3 is 5.11 Å². The van der Waals surface area contributed by atoms with E-state index in [2.05, 4.69) is 4.98 Å². The summed E-state index contributed by atoms with van der Waals surface area (Å²) in [6, 6.07) is 0. The van der Waals surface area contributed by atoms with Crippen LogP contribution < -0.4 is 5.14 Å². The van der Waals surface area contributed by atoms with Crippen molar-refractivity contribution in [2.75, 3.05) is 0 Å². The van der Waals surface area contributed by atoms with Gasteiger partial charge in [0.25, 0.3) is 16.4 Å². The van der Waals surface area contributed by atoms with Crippen LogP contribution in [0.15, 0.2) is 11.2 Å². The summed E-state index contributed by atoms with van der Waals surface area (Å²) >= 11 is 0. The molecular formula is C7H8F2N2O3S.